The molecule has 0 atom stereocenters. The summed E-state index contributed by atoms with van der Waals surface area (Å²) in [5.74, 6) is 0.945. The fourth-order valence-corrected chi connectivity index (χ4v) is 2.96. The molecule has 8 heteroatoms. The van der Waals surface area contributed by atoms with Crippen LogP contribution in [-0.4, -0.2) is 50.7 Å². The van der Waals surface area contributed by atoms with Crippen molar-refractivity contribution in [2.75, 3.05) is 20.8 Å². The van der Waals surface area contributed by atoms with Gasteiger partial charge in [0, 0.05) is 12.1 Å². The standard InChI is InChI=1S/C21H34BNO6.C2H6/c1-19(2,3)27-18(24)13-23-12-15-16(25-8)10-14(11-17(15)26-9)22-28-20(4,5)21(6,7)29-22;1-2/h10-11,23H,12-13H2,1-9H3;1-2H3. The molecule has 1 aliphatic heterocycles. The Kier molecular flexibility index (Phi) is 9.41. The second-order valence-corrected chi connectivity index (χ2v) is 9.18. The summed E-state index contributed by atoms with van der Waals surface area (Å²) in [5.41, 5.74) is 0.225. The highest BCUT2D eigenvalue weighted by atomic mass is 16.7. The largest absolute Gasteiger partial charge is 0.496 e. The van der Waals surface area contributed by atoms with E-state index >= 15 is 0 Å². The van der Waals surface area contributed by atoms with Gasteiger partial charge in [-0.1, -0.05) is 13.8 Å². The van der Waals surface area contributed by atoms with E-state index in [1.807, 2.05) is 74.4 Å². The highest BCUT2D eigenvalue weighted by molar-refractivity contribution is 6.62. The summed E-state index contributed by atoms with van der Waals surface area (Å²) >= 11 is 0. The number of benzene rings is 1. The molecular weight excluding hydrogens is 397 g/mol. The van der Waals surface area contributed by atoms with Crippen molar-refractivity contribution in [1.82, 2.24) is 5.32 Å². The molecule has 0 aliphatic carbocycles. The number of carbonyl (C=O) groups excluding carboxylic acids is 1. The van der Waals surface area contributed by atoms with Gasteiger partial charge in [-0.05, 0) is 66.1 Å². The van der Waals surface area contributed by atoms with Crippen LogP contribution in [0.3, 0.4) is 0 Å². The molecule has 1 heterocycles. The molecule has 7 nitrogen and oxygen atoms in total. The van der Waals surface area contributed by atoms with Gasteiger partial charge < -0.3 is 28.8 Å². The zero-order valence-corrected chi connectivity index (χ0v) is 21.1. The SMILES string of the molecule is CC.COc1cc(B2OC(C)(C)C(C)(C)O2)cc(OC)c1CNCC(=O)OC(C)(C)C. The van der Waals surface area contributed by atoms with Crippen LogP contribution < -0.4 is 20.3 Å². The monoisotopic (exact) mass is 437 g/mol. The maximum absolute atomic E-state index is 11.9. The zero-order chi connectivity index (χ0) is 24.0. The van der Waals surface area contributed by atoms with Gasteiger partial charge in [-0.15, -0.1) is 0 Å². The van der Waals surface area contributed by atoms with Crippen molar-refractivity contribution in [3.05, 3.63) is 17.7 Å². The van der Waals surface area contributed by atoms with E-state index in [-0.39, 0.29) is 12.5 Å². The summed E-state index contributed by atoms with van der Waals surface area (Å²) in [6, 6.07) is 3.77. The smallest absolute Gasteiger partial charge is 0.495 e. The zero-order valence-electron chi connectivity index (χ0n) is 21.1. The first-order valence-electron chi connectivity index (χ1n) is 10.8. The Hall–Kier alpha value is -1.77. The number of hydrogen-bond donors (Lipinski definition) is 1. The van der Waals surface area contributed by atoms with E-state index in [0.29, 0.717) is 18.0 Å². The van der Waals surface area contributed by atoms with Crippen LogP contribution in [0.5, 0.6) is 11.5 Å². The van der Waals surface area contributed by atoms with Gasteiger partial charge in [0.05, 0.1) is 32.0 Å². The van der Waals surface area contributed by atoms with E-state index in [9.17, 15) is 4.79 Å². The minimum Gasteiger partial charge on any atom is -0.496 e. The van der Waals surface area contributed by atoms with Crippen LogP contribution >= 0.6 is 0 Å². The number of carbonyl (C=O) groups is 1. The predicted octanol–water partition coefficient (Wildman–Crippen LogP) is 3.46. The van der Waals surface area contributed by atoms with Gasteiger partial charge in [0.1, 0.15) is 17.1 Å². The van der Waals surface area contributed by atoms with E-state index in [2.05, 4.69) is 5.32 Å². The number of esters is 1. The van der Waals surface area contributed by atoms with Gasteiger partial charge in [0.2, 0.25) is 0 Å². The van der Waals surface area contributed by atoms with Gasteiger partial charge in [-0.2, -0.15) is 0 Å². The molecule has 0 spiro atoms. The molecule has 1 N–H and O–H groups in total. The van der Waals surface area contributed by atoms with Crippen LogP contribution in [0, 0.1) is 0 Å². The molecule has 1 aromatic carbocycles. The van der Waals surface area contributed by atoms with E-state index in [4.69, 9.17) is 23.5 Å². The highest BCUT2D eigenvalue weighted by Gasteiger charge is 2.52. The van der Waals surface area contributed by atoms with Crippen molar-refractivity contribution in [2.45, 2.75) is 85.7 Å². The molecule has 2 rings (SSSR count). The third-order valence-corrected chi connectivity index (χ3v) is 5.15. The van der Waals surface area contributed by atoms with Gasteiger partial charge in [0.25, 0.3) is 0 Å². The van der Waals surface area contributed by atoms with Gasteiger partial charge in [-0.25, -0.2) is 0 Å². The Balaban J connectivity index is 0.00000233. The summed E-state index contributed by atoms with van der Waals surface area (Å²) in [6.45, 7) is 18.0. The second kappa shape index (κ2) is 10.7. The summed E-state index contributed by atoms with van der Waals surface area (Å²) in [5, 5.41) is 3.09. The average molecular weight is 437 g/mol. The van der Waals surface area contributed by atoms with Crippen molar-refractivity contribution in [3.63, 3.8) is 0 Å². The molecule has 0 amide bonds. The van der Waals surface area contributed by atoms with Crippen LogP contribution in [0.25, 0.3) is 0 Å². The second-order valence-electron chi connectivity index (χ2n) is 9.18. The number of hydrogen-bond acceptors (Lipinski definition) is 7. The first kappa shape index (κ1) is 27.3. The lowest BCUT2D eigenvalue weighted by molar-refractivity contribution is -0.153. The van der Waals surface area contributed by atoms with Crippen LogP contribution in [0.15, 0.2) is 12.1 Å². The molecule has 1 fully saturated rings. The average Bonchev–Trinajstić information content (AvgIpc) is 2.89. The third-order valence-electron chi connectivity index (χ3n) is 5.15. The molecular formula is C23H40BNO6. The quantitative estimate of drug-likeness (QED) is 0.517. The highest BCUT2D eigenvalue weighted by Crippen LogP contribution is 2.37. The van der Waals surface area contributed by atoms with E-state index in [0.717, 1.165) is 11.0 Å². The molecule has 176 valence electrons. The topological polar surface area (TPSA) is 75.3 Å². The molecule has 1 aromatic rings. The molecule has 0 saturated carbocycles. The Morgan fingerprint density at radius 1 is 1.00 bits per heavy atom. The molecule has 31 heavy (non-hydrogen) atoms. The lowest BCUT2D eigenvalue weighted by atomic mass is 9.78. The van der Waals surface area contributed by atoms with E-state index < -0.39 is 23.9 Å². The fraction of sp³-hybridized carbons (Fsp3) is 0.696. The van der Waals surface area contributed by atoms with Crippen LogP contribution in [0.2, 0.25) is 0 Å². The fourth-order valence-electron chi connectivity index (χ4n) is 2.96. The number of rotatable bonds is 7. The third kappa shape index (κ3) is 7.12. The van der Waals surface area contributed by atoms with Crippen molar-refractivity contribution < 1.29 is 28.3 Å². The lowest BCUT2D eigenvalue weighted by Gasteiger charge is -2.32. The predicted molar refractivity (Wildman–Crippen MR) is 124 cm³/mol. The maximum atomic E-state index is 11.9. The van der Waals surface area contributed by atoms with Crippen molar-refractivity contribution in [2.24, 2.45) is 0 Å². The summed E-state index contributed by atoms with van der Waals surface area (Å²) < 4.78 is 28.8. The molecule has 0 aromatic heterocycles. The van der Waals surface area contributed by atoms with Crippen molar-refractivity contribution in [3.8, 4) is 11.5 Å². The minimum absolute atomic E-state index is 0.0859. The van der Waals surface area contributed by atoms with Crippen LogP contribution in [0.1, 0.15) is 67.9 Å². The van der Waals surface area contributed by atoms with Crippen molar-refractivity contribution >= 4 is 18.6 Å². The summed E-state index contributed by atoms with van der Waals surface area (Å²) in [7, 11) is 2.67. The Bertz CT molecular complexity index is 701. The Morgan fingerprint density at radius 3 is 1.84 bits per heavy atom. The first-order valence-corrected chi connectivity index (χ1v) is 10.8. The molecule has 0 unspecified atom stereocenters. The minimum atomic E-state index is -0.522. The molecule has 0 radical (unpaired) electrons. The first-order chi connectivity index (χ1) is 14.3. The number of nitrogens with one attached hydrogen (secondary N) is 1. The van der Waals surface area contributed by atoms with E-state index in [1.165, 1.54) is 0 Å². The summed E-state index contributed by atoms with van der Waals surface area (Å²) in [4.78, 5) is 11.9. The van der Waals surface area contributed by atoms with Crippen LogP contribution in [0.4, 0.5) is 0 Å². The molecule has 1 aliphatic rings. The Morgan fingerprint density at radius 2 is 1.45 bits per heavy atom. The van der Waals surface area contributed by atoms with Crippen LogP contribution in [-0.2, 0) is 25.4 Å². The number of ether oxygens (including phenoxy) is 3. The molecule has 1 saturated heterocycles. The maximum Gasteiger partial charge on any atom is 0.495 e. The van der Waals surface area contributed by atoms with Gasteiger partial charge in [0.15, 0.2) is 0 Å². The molecule has 0 bridgehead atoms. The van der Waals surface area contributed by atoms with E-state index in [1.54, 1.807) is 14.2 Å². The normalized spacial score (nSPS) is 16.9. The summed E-state index contributed by atoms with van der Waals surface area (Å²) in [6.07, 6.45) is 0. The number of methoxy groups -OCH3 is 2. The van der Waals surface area contributed by atoms with Gasteiger partial charge >= 0.3 is 13.1 Å². The van der Waals surface area contributed by atoms with Crippen molar-refractivity contribution in [1.29, 1.82) is 0 Å². The van der Waals surface area contributed by atoms with Gasteiger partial charge in [-0.3, -0.25) is 4.79 Å². The Labute approximate surface area is 188 Å². The lowest BCUT2D eigenvalue weighted by Crippen LogP contribution is -2.41.